The number of hydrogen-bond acceptors (Lipinski definition) is 2. The second kappa shape index (κ2) is 10.7. The molecule has 2 N–H and O–H groups in total. The Morgan fingerprint density at radius 1 is 1.18 bits per heavy atom. The van der Waals surface area contributed by atoms with E-state index in [-0.39, 0.29) is 30.5 Å². The zero-order chi connectivity index (χ0) is 15.7. The van der Waals surface area contributed by atoms with Crippen LogP contribution in [0.4, 0.5) is 13.2 Å². The molecule has 4 nitrogen and oxygen atoms in total. The van der Waals surface area contributed by atoms with Gasteiger partial charge >= 0.3 is 6.18 Å². The Labute approximate surface area is 145 Å². The van der Waals surface area contributed by atoms with E-state index in [1.807, 2.05) is 24.3 Å². The third-order valence-electron chi connectivity index (χ3n) is 2.79. The van der Waals surface area contributed by atoms with Crippen LogP contribution in [0.15, 0.2) is 29.3 Å². The molecule has 0 saturated carbocycles. The molecule has 1 aromatic rings. The molecule has 1 aromatic carbocycles. The van der Waals surface area contributed by atoms with Crippen LogP contribution in [-0.4, -0.2) is 32.8 Å². The highest BCUT2D eigenvalue weighted by Crippen LogP contribution is 2.18. The van der Waals surface area contributed by atoms with Crippen LogP contribution in [0.2, 0.25) is 0 Å². The van der Waals surface area contributed by atoms with E-state index in [1.165, 1.54) is 7.05 Å². The van der Waals surface area contributed by atoms with Gasteiger partial charge in [-0.15, -0.1) is 24.0 Å². The maximum Gasteiger partial charge on any atom is 0.390 e. The summed E-state index contributed by atoms with van der Waals surface area (Å²) in [4.78, 5) is 3.89. The summed E-state index contributed by atoms with van der Waals surface area (Å²) in [7, 11) is 3.13. The fourth-order valence-electron chi connectivity index (χ4n) is 1.75. The number of alkyl halides is 3. The van der Waals surface area contributed by atoms with Crippen LogP contribution in [0, 0.1) is 0 Å². The van der Waals surface area contributed by atoms with E-state index in [9.17, 15) is 13.2 Å². The Kier molecular flexibility index (Phi) is 10.2. The number of ether oxygens (including phenoxy) is 1. The molecule has 0 spiro atoms. The summed E-state index contributed by atoms with van der Waals surface area (Å²) in [5.74, 6) is 0.339. The van der Waals surface area contributed by atoms with Crippen molar-refractivity contribution in [2.75, 3.05) is 20.7 Å². The quantitative estimate of drug-likeness (QED) is 0.414. The largest absolute Gasteiger partial charge is 0.390 e. The minimum Gasteiger partial charge on any atom is -0.380 e. The van der Waals surface area contributed by atoms with Crippen LogP contribution >= 0.6 is 24.0 Å². The van der Waals surface area contributed by atoms with E-state index >= 15 is 0 Å². The van der Waals surface area contributed by atoms with Crippen molar-refractivity contribution >= 4 is 29.9 Å². The first-order chi connectivity index (χ1) is 9.96. The predicted molar refractivity (Wildman–Crippen MR) is 91.4 cm³/mol. The molecule has 0 radical (unpaired) electrons. The minimum atomic E-state index is -4.17. The first kappa shape index (κ1) is 21.0. The normalized spacial score (nSPS) is 11.8. The molecule has 22 heavy (non-hydrogen) atoms. The monoisotopic (exact) mass is 431 g/mol. The standard InChI is InChI=1S/C14H20F3N3O.HI/c1-18-13(19-8-7-14(15,16)17)20-9-11-5-3-4-6-12(11)10-21-2;/h3-6H,7-10H2,1-2H3,(H2,18,19,20);1H. The van der Waals surface area contributed by atoms with E-state index in [2.05, 4.69) is 15.6 Å². The molecule has 0 unspecified atom stereocenters. The van der Waals surface area contributed by atoms with Crippen molar-refractivity contribution in [3.63, 3.8) is 0 Å². The zero-order valence-corrected chi connectivity index (χ0v) is 14.9. The van der Waals surface area contributed by atoms with Gasteiger partial charge in [0.15, 0.2) is 5.96 Å². The van der Waals surface area contributed by atoms with Crippen LogP contribution in [0.3, 0.4) is 0 Å². The summed E-state index contributed by atoms with van der Waals surface area (Å²) in [5.41, 5.74) is 2.04. The molecular formula is C14H21F3IN3O. The number of nitrogens with zero attached hydrogens (tertiary/aromatic N) is 1. The molecule has 1 rings (SSSR count). The van der Waals surface area contributed by atoms with Crippen LogP contribution < -0.4 is 10.6 Å². The molecule has 0 aliphatic carbocycles. The Morgan fingerprint density at radius 2 is 1.82 bits per heavy atom. The van der Waals surface area contributed by atoms with Crippen LogP contribution in [-0.2, 0) is 17.9 Å². The Hall–Kier alpha value is -1.03. The topological polar surface area (TPSA) is 45.7 Å². The molecule has 0 aromatic heterocycles. The van der Waals surface area contributed by atoms with Crippen molar-refractivity contribution in [1.82, 2.24) is 10.6 Å². The lowest BCUT2D eigenvalue weighted by atomic mass is 10.1. The highest BCUT2D eigenvalue weighted by Gasteiger charge is 2.26. The average molecular weight is 431 g/mol. The summed E-state index contributed by atoms with van der Waals surface area (Å²) in [5, 5.41) is 5.62. The smallest absolute Gasteiger partial charge is 0.380 e. The Bertz CT molecular complexity index is 467. The Morgan fingerprint density at radius 3 is 2.36 bits per heavy atom. The van der Waals surface area contributed by atoms with Gasteiger partial charge < -0.3 is 15.4 Å². The fourth-order valence-corrected chi connectivity index (χ4v) is 1.75. The van der Waals surface area contributed by atoms with Crippen molar-refractivity contribution in [3.8, 4) is 0 Å². The molecule has 0 atom stereocenters. The zero-order valence-electron chi connectivity index (χ0n) is 12.5. The van der Waals surface area contributed by atoms with E-state index in [1.54, 1.807) is 7.11 Å². The lowest BCUT2D eigenvalue weighted by molar-refractivity contribution is -0.132. The van der Waals surface area contributed by atoms with E-state index in [4.69, 9.17) is 4.74 Å². The fraction of sp³-hybridized carbons (Fsp3) is 0.500. The molecule has 0 aliphatic heterocycles. The lowest BCUT2D eigenvalue weighted by Crippen LogP contribution is -2.38. The highest BCUT2D eigenvalue weighted by atomic mass is 127. The van der Waals surface area contributed by atoms with E-state index in [0.717, 1.165) is 11.1 Å². The molecular weight excluding hydrogens is 410 g/mol. The molecule has 126 valence electrons. The molecule has 8 heteroatoms. The van der Waals surface area contributed by atoms with Gasteiger partial charge in [0.05, 0.1) is 13.0 Å². The van der Waals surface area contributed by atoms with Crippen LogP contribution in [0.1, 0.15) is 17.5 Å². The lowest BCUT2D eigenvalue weighted by Gasteiger charge is -2.14. The van der Waals surface area contributed by atoms with Gasteiger partial charge in [0.25, 0.3) is 0 Å². The third-order valence-corrected chi connectivity index (χ3v) is 2.79. The number of aliphatic imine (C=N–C) groups is 1. The van der Waals surface area contributed by atoms with Gasteiger partial charge in [-0.2, -0.15) is 13.2 Å². The average Bonchev–Trinajstić information content (AvgIpc) is 2.43. The predicted octanol–water partition coefficient (Wildman–Crippen LogP) is 3.07. The van der Waals surface area contributed by atoms with Gasteiger partial charge in [0.1, 0.15) is 0 Å². The molecule has 0 amide bonds. The maximum absolute atomic E-state index is 12.1. The number of guanidine groups is 1. The van der Waals surface area contributed by atoms with Crippen LogP contribution in [0.25, 0.3) is 0 Å². The number of benzene rings is 1. The van der Waals surface area contributed by atoms with Gasteiger partial charge in [-0.1, -0.05) is 24.3 Å². The summed E-state index contributed by atoms with van der Waals surface area (Å²) < 4.78 is 41.4. The van der Waals surface area contributed by atoms with E-state index in [0.29, 0.717) is 19.1 Å². The van der Waals surface area contributed by atoms with Crippen molar-refractivity contribution in [1.29, 1.82) is 0 Å². The summed E-state index contributed by atoms with van der Waals surface area (Å²) in [6.07, 6.45) is -5.06. The molecule has 0 aliphatic rings. The van der Waals surface area contributed by atoms with Crippen molar-refractivity contribution in [2.24, 2.45) is 4.99 Å². The SMILES string of the molecule is CN=C(NCCC(F)(F)F)NCc1ccccc1COC.I. The molecule has 0 heterocycles. The van der Waals surface area contributed by atoms with Gasteiger partial charge in [0, 0.05) is 27.2 Å². The van der Waals surface area contributed by atoms with Crippen molar-refractivity contribution in [2.45, 2.75) is 25.7 Å². The number of methoxy groups -OCH3 is 1. The Balaban J connectivity index is 0.00000441. The van der Waals surface area contributed by atoms with Gasteiger partial charge in [-0.05, 0) is 11.1 Å². The van der Waals surface area contributed by atoms with E-state index < -0.39 is 12.6 Å². The number of hydrogen-bond donors (Lipinski definition) is 2. The first-order valence-electron chi connectivity index (χ1n) is 6.53. The number of rotatable bonds is 6. The van der Waals surface area contributed by atoms with Crippen molar-refractivity contribution in [3.05, 3.63) is 35.4 Å². The van der Waals surface area contributed by atoms with Gasteiger partial charge in [0.2, 0.25) is 0 Å². The number of halogens is 4. The summed E-state index contributed by atoms with van der Waals surface area (Å²) in [6, 6.07) is 7.69. The molecule has 0 saturated heterocycles. The highest BCUT2D eigenvalue weighted by molar-refractivity contribution is 14.0. The molecule has 0 fully saturated rings. The van der Waals surface area contributed by atoms with Gasteiger partial charge in [-0.3, -0.25) is 4.99 Å². The van der Waals surface area contributed by atoms with Gasteiger partial charge in [-0.25, -0.2) is 0 Å². The molecule has 0 bridgehead atoms. The second-order valence-electron chi connectivity index (χ2n) is 4.42. The summed E-state index contributed by atoms with van der Waals surface area (Å²) in [6.45, 7) is 0.742. The number of nitrogens with one attached hydrogen (secondary N) is 2. The van der Waals surface area contributed by atoms with Crippen LogP contribution in [0.5, 0.6) is 0 Å². The second-order valence-corrected chi connectivity index (χ2v) is 4.42. The third kappa shape index (κ3) is 8.42. The summed E-state index contributed by atoms with van der Waals surface area (Å²) >= 11 is 0. The maximum atomic E-state index is 12.1. The van der Waals surface area contributed by atoms with Crippen molar-refractivity contribution < 1.29 is 17.9 Å². The minimum absolute atomic E-state index is 0. The first-order valence-corrected chi connectivity index (χ1v) is 6.53.